The molecule has 3 atom stereocenters. The number of nitrogens with one attached hydrogen (secondary N) is 2. The van der Waals surface area contributed by atoms with Crippen LogP contribution in [-0.2, 0) is 12.8 Å². The number of H-pyrrole nitrogens is 1. The van der Waals surface area contributed by atoms with Gasteiger partial charge in [0.2, 0.25) is 5.56 Å². The minimum atomic E-state index is -0.509. The number of aryl methyl sites for hydroxylation is 1. The van der Waals surface area contributed by atoms with Crippen LogP contribution in [0.25, 0.3) is 10.8 Å². The Morgan fingerprint density at radius 2 is 1.84 bits per heavy atom. The second kappa shape index (κ2) is 9.65. The minimum absolute atomic E-state index is 0.00692. The number of carbonyl (C=O) groups excluding carboxylic acids is 2. The molecule has 0 spiro atoms. The summed E-state index contributed by atoms with van der Waals surface area (Å²) in [6.07, 6.45) is 7.19. The summed E-state index contributed by atoms with van der Waals surface area (Å²) in [4.78, 5) is 55.7. The van der Waals surface area contributed by atoms with E-state index in [1.807, 2.05) is 11.0 Å². The molecule has 3 heterocycles. The maximum atomic E-state index is 13.5. The maximum Gasteiger partial charge on any atom is 0.344 e. The number of hydrogen-bond donors (Lipinski definition) is 2. The second-order valence-electron chi connectivity index (χ2n) is 10.7. The Bertz CT molecular complexity index is 1490. The molecule has 1 saturated heterocycles. The summed E-state index contributed by atoms with van der Waals surface area (Å²) in [6.45, 7) is 1.34. The Kier molecular flexibility index (Phi) is 6.18. The highest BCUT2D eigenvalue weighted by atomic mass is 16.4. The van der Waals surface area contributed by atoms with Gasteiger partial charge in [-0.1, -0.05) is 18.2 Å². The monoisotopic (exact) mass is 501 g/mol. The van der Waals surface area contributed by atoms with Crippen molar-refractivity contribution in [3.05, 3.63) is 79.8 Å². The molecule has 1 saturated carbocycles. The van der Waals surface area contributed by atoms with Crippen LogP contribution >= 0.6 is 0 Å². The summed E-state index contributed by atoms with van der Waals surface area (Å²) in [5.41, 5.74) is 1.82. The number of pyridine rings is 1. The van der Waals surface area contributed by atoms with Gasteiger partial charge in [-0.2, -0.15) is 0 Å². The Hall–Kier alpha value is -3.68. The molecule has 2 amide bonds. The van der Waals surface area contributed by atoms with E-state index in [9.17, 15) is 19.2 Å². The number of fused-ring (bicyclic) bond motifs is 3. The minimum Gasteiger partial charge on any atom is -0.417 e. The molecule has 3 unspecified atom stereocenters. The molecule has 0 radical (unpaired) electrons. The predicted molar refractivity (Wildman–Crippen MR) is 139 cm³/mol. The molecule has 37 heavy (non-hydrogen) atoms. The lowest BCUT2D eigenvalue weighted by Gasteiger charge is -2.44. The largest absolute Gasteiger partial charge is 0.417 e. The Morgan fingerprint density at radius 1 is 1.00 bits per heavy atom. The number of hydrogen-bond acceptors (Lipinski definition) is 5. The van der Waals surface area contributed by atoms with Crippen LogP contribution in [0.3, 0.4) is 0 Å². The predicted octanol–water partition coefficient (Wildman–Crippen LogP) is 3.42. The number of benzene rings is 1. The van der Waals surface area contributed by atoms with E-state index in [0.717, 1.165) is 62.6 Å². The van der Waals surface area contributed by atoms with E-state index in [-0.39, 0.29) is 29.2 Å². The normalized spacial score (nSPS) is 23.2. The van der Waals surface area contributed by atoms with Gasteiger partial charge in [-0.3, -0.25) is 14.4 Å². The Labute approximate surface area is 214 Å². The maximum absolute atomic E-state index is 13.5. The number of piperidine rings is 1. The number of aromatic nitrogens is 1. The van der Waals surface area contributed by atoms with E-state index in [4.69, 9.17) is 4.42 Å². The zero-order chi connectivity index (χ0) is 25.5. The van der Waals surface area contributed by atoms with Crippen molar-refractivity contribution in [2.75, 3.05) is 13.1 Å². The van der Waals surface area contributed by atoms with Crippen molar-refractivity contribution in [3.8, 4) is 0 Å². The van der Waals surface area contributed by atoms with Crippen LogP contribution in [-0.4, -0.2) is 40.8 Å². The third-order valence-corrected chi connectivity index (χ3v) is 8.45. The Morgan fingerprint density at radius 3 is 2.73 bits per heavy atom. The topological polar surface area (TPSA) is 112 Å². The summed E-state index contributed by atoms with van der Waals surface area (Å²) < 4.78 is 5.29. The van der Waals surface area contributed by atoms with Gasteiger partial charge in [-0.15, -0.1) is 0 Å². The van der Waals surface area contributed by atoms with Crippen molar-refractivity contribution >= 4 is 22.6 Å². The van der Waals surface area contributed by atoms with Gasteiger partial charge < -0.3 is 19.6 Å². The summed E-state index contributed by atoms with van der Waals surface area (Å²) in [5, 5.41) is 4.22. The van der Waals surface area contributed by atoms with Crippen molar-refractivity contribution < 1.29 is 14.0 Å². The lowest BCUT2D eigenvalue weighted by atomic mass is 9.73. The molecule has 6 rings (SSSR count). The molecule has 3 aromatic rings. The van der Waals surface area contributed by atoms with Crippen molar-refractivity contribution in [1.29, 1.82) is 0 Å². The summed E-state index contributed by atoms with van der Waals surface area (Å²) in [6, 6.07) is 10.2. The molecular formula is C29H31N3O5. The third-order valence-electron chi connectivity index (χ3n) is 8.45. The van der Waals surface area contributed by atoms with E-state index >= 15 is 0 Å². The zero-order valence-corrected chi connectivity index (χ0v) is 20.8. The van der Waals surface area contributed by atoms with E-state index in [1.54, 1.807) is 24.3 Å². The van der Waals surface area contributed by atoms with Crippen molar-refractivity contribution in [2.45, 2.75) is 57.4 Å². The molecule has 8 heteroatoms. The van der Waals surface area contributed by atoms with Crippen molar-refractivity contribution in [3.63, 3.8) is 0 Å². The van der Waals surface area contributed by atoms with Gasteiger partial charge in [0.05, 0.1) is 5.39 Å². The van der Waals surface area contributed by atoms with Gasteiger partial charge in [0, 0.05) is 36.5 Å². The lowest BCUT2D eigenvalue weighted by Crippen LogP contribution is -2.49. The van der Waals surface area contributed by atoms with Gasteiger partial charge in [-0.05, 0) is 86.3 Å². The SMILES string of the molecule is O=C(NC1CCC2CN(C(=O)c3cc(=O)[nH]c4c3CCCC4)CCC2C1)c1cc2ccccc2c(=O)o1. The number of amides is 2. The molecule has 0 bridgehead atoms. The quantitative estimate of drug-likeness (QED) is 0.571. The van der Waals surface area contributed by atoms with Crippen LogP contribution in [0.5, 0.6) is 0 Å². The number of aromatic amines is 1. The molecule has 2 fully saturated rings. The standard InChI is InChI=1S/C29H31N3O5/c33-26-15-23(22-7-3-4-8-24(22)31-26)28(35)32-12-11-17-13-20(10-9-19(17)16-32)30-27(34)25-14-18-5-1-2-6-21(18)29(36)37-25/h1-2,5-6,14-15,17,19-20H,3-4,7-13,16H2,(H,30,34)(H,31,33). The number of nitrogens with zero attached hydrogens (tertiary/aromatic N) is 1. The van der Waals surface area contributed by atoms with Gasteiger partial charge >= 0.3 is 5.63 Å². The van der Waals surface area contributed by atoms with E-state index in [2.05, 4.69) is 10.3 Å². The molecule has 1 aliphatic heterocycles. The van der Waals surface area contributed by atoms with Gasteiger partial charge in [-0.25, -0.2) is 4.79 Å². The van der Waals surface area contributed by atoms with Gasteiger partial charge in [0.1, 0.15) is 0 Å². The van der Waals surface area contributed by atoms with E-state index in [0.29, 0.717) is 41.3 Å². The molecular weight excluding hydrogens is 470 g/mol. The van der Waals surface area contributed by atoms with E-state index in [1.165, 1.54) is 6.07 Å². The first-order valence-electron chi connectivity index (χ1n) is 13.3. The zero-order valence-electron chi connectivity index (χ0n) is 20.8. The highest BCUT2D eigenvalue weighted by Gasteiger charge is 2.37. The molecule has 2 aromatic heterocycles. The summed E-state index contributed by atoms with van der Waals surface area (Å²) >= 11 is 0. The van der Waals surface area contributed by atoms with Crippen LogP contribution in [0.1, 0.15) is 70.7 Å². The molecule has 2 aliphatic carbocycles. The van der Waals surface area contributed by atoms with Crippen molar-refractivity contribution in [1.82, 2.24) is 15.2 Å². The fraction of sp³-hybridized carbons (Fsp3) is 0.448. The summed E-state index contributed by atoms with van der Waals surface area (Å²) in [5.74, 6) is 0.442. The van der Waals surface area contributed by atoms with Crippen LogP contribution < -0.4 is 16.5 Å². The first-order chi connectivity index (χ1) is 18.0. The highest BCUT2D eigenvalue weighted by Crippen LogP contribution is 2.37. The molecule has 192 valence electrons. The number of carbonyl (C=O) groups is 2. The smallest absolute Gasteiger partial charge is 0.344 e. The Balaban J connectivity index is 1.10. The van der Waals surface area contributed by atoms with Crippen LogP contribution in [0.2, 0.25) is 0 Å². The van der Waals surface area contributed by atoms with E-state index < -0.39 is 5.63 Å². The van der Waals surface area contributed by atoms with Crippen LogP contribution in [0, 0.1) is 11.8 Å². The molecule has 8 nitrogen and oxygen atoms in total. The molecule has 2 N–H and O–H groups in total. The third kappa shape index (κ3) is 4.61. The number of likely N-dealkylation sites (tertiary alicyclic amines) is 1. The molecule has 1 aromatic carbocycles. The highest BCUT2D eigenvalue weighted by molar-refractivity contribution is 5.96. The average molecular weight is 502 g/mol. The first-order valence-corrected chi connectivity index (χ1v) is 13.3. The fourth-order valence-electron chi connectivity index (χ4n) is 6.54. The fourth-order valence-corrected chi connectivity index (χ4v) is 6.54. The average Bonchev–Trinajstić information content (AvgIpc) is 2.91. The van der Waals surface area contributed by atoms with Gasteiger partial charge in [0.15, 0.2) is 5.76 Å². The van der Waals surface area contributed by atoms with Crippen molar-refractivity contribution in [2.24, 2.45) is 11.8 Å². The molecule has 3 aliphatic rings. The van der Waals surface area contributed by atoms with Gasteiger partial charge in [0.25, 0.3) is 11.8 Å². The number of rotatable bonds is 3. The summed E-state index contributed by atoms with van der Waals surface area (Å²) in [7, 11) is 0. The van der Waals surface area contributed by atoms with Crippen LogP contribution in [0.15, 0.2) is 50.4 Å². The van der Waals surface area contributed by atoms with Crippen LogP contribution in [0.4, 0.5) is 0 Å². The first kappa shape index (κ1) is 23.7. The lowest BCUT2D eigenvalue weighted by molar-refractivity contribution is 0.0475. The second-order valence-corrected chi connectivity index (χ2v) is 10.7.